The van der Waals surface area contributed by atoms with E-state index in [1.807, 2.05) is 6.07 Å². The second kappa shape index (κ2) is 8.50. The van der Waals surface area contributed by atoms with E-state index >= 15 is 0 Å². The Morgan fingerprint density at radius 3 is 2.68 bits per heavy atom. The van der Waals surface area contributed by atoms with Gasteiger partial charge in [-0.05, 0) is 69.1 Å². The van der Waals surface area contributed by atoms with Gasteiger partial charge in [0.15, 0.2) is 16.9 Å². The Kier molecular flexibility index (Phi) is 6.10. The van der Waals surface area contributed by atoms with E-state index in [-0.39, 0.29) is 0 Å². The highest BCUT2D eigenvalue weighted by molar-refractivity contribution is 7.80. The number of aryl methyl sites for hydroxylation is 2. The summed E-state index contributed by atoms with van der Waals surface area (Å²) in [6.45, 7) is 7.37. The second-order valence-corrected chi connectivity index (χ2v) is 7.35. The van der Waals surface area contributed by atoms with E-state index in [9.17, 15) is 0 Å². The van der Waals surface area contributed by atoms with E-state index in [1.165, 1.54) is 43.5 Å². The summed E-state index contributed by atoms with van der Waals surface area (Å²) >= 11 is 5.52. The molecule has 0 saturated carbocycles. The first-order valence-electron chi connectivity index (χ1n) is 9.13. The van der Waals surface area contributed by atoms with Gasteiger partial charge in [-0.15, -0.1) is 0 Å². The van der Waals surface area contributed by atoms with Crippen LogP contribution in [0.3, 0.4) is 0 Å². The van der Waals surface area contributed by atoms with Gasteiger partial charge >= 0.3 is 0 Å². The molecule has 0 radical (unpaired) electrons. The number of hydrogen-bond donors (Lipinski definition) is 3. The van der Waals surface area contributed by atoms with Crippen LogP contribution in [0.5, 0.6) is 0 Å². The smallest absolute Gasteiger partial charge is 0.171 e. The Morgan fingerprint density at radius 2 is 2.00 bits per heavy atom. The van der Waals surface area contributed by atoms with Crippen molar-refractivity contribution in [3.63, 3.8) is 0 Å². The summed E-state index contributed by atoms with van der Waals surface area (Å²) in [6, 6.07) is 10.7. The van der Waals surface area contributed by atoms with Crippen molar-refractivity contribution in [3.05, 3.63) is 53.5 Å². The van der Waals surface area contributed by atoms with E-state index in [0.717, 1.165) is 18.0 Å². The molecular weight excluding hydrogens is 330 g/mol. The number of hydrogen-bond acceptors (Lipinski definition) is 2. The SMILES string of the molecule is Cc1ccc(NC(=S)NC[C@H](c2ccco2)[NH+]2CCCCC2)c(C)c1. The van der Waals surface area contributed by atoms with Gasteiger partial charge in [-0.25, -0.2) is 0 Å². The van der Waals surface area contributed by atoms with Gasteiger partial charge < -0.3 is 20.0 Å². The maximum absolute atomic E-state index is 5.71. The van der Waals surface area contributed by atoms with Crippen molar-refractivity contribution in [2.24, 2.45) is 0 Å². The largest absolute Gasteiger partial charge is 0.463 e. The van der Waals surface area contributed by atoms with E-state index < -0.39 is 0 Å². The Bertz CT molecular complexity index is 693. The predicted octanol–water partition coefficient (Wildman–Crippen LogP) is 2.99. The molecular formula is C20H28N3OS+. The minimum absolute atomic E-state index is 0.300. The van der Waals surface area contributed by atoms with Crippen LogP contribution in [0.2, 0.25) is 0 Å². The molecule has 134 valence electrons. The zero-order valence-corrected chi connectivity index (χ0v) is 15.9. The maximum Gasteiger partial charge on any atom is 0.171 e. The second-order valence-electron chi connectivity index (χ2n) is 6.94. The molecule has 3 N–H and O–H groups in total. The minimum atomic E-state index is 0.300. The highest BCUT2D eigenvalue weighted by atomic mass is 32.1. The minimum Gasteiger partial charge on any atom is -0.463 e. The first kappa shape index (κ1) is 18.0. The Labute approximate surface area is 155 Å². The molecule has 4 nitrogen and oxygen atoms in total. The molecule has 1 atom stereocenters. The molecule has 1 aromatic heterocycles. The lowest BCUT2D eigenvalue weighted by atomic mass is 10.1. The van der Waals surface area contributed by atoms with Gasteiger partial charge in [0.1, 0.15) is 0 Å². The van der Waals surface area contributed by atoms with Crippen molar-refractivity contribution in [2.45, 2.75) is 39.2 Å². The molecule has 1 aliphatic rings. The Hall–Kier alpha value is -1.85. The highest BCUT2D eigenvalue weighted by Gasteiger charge is 2.28. The van der Waals surface area contributed by atoms with E-state index in [0.29, 0.717) is 11.2 Å². The molecule has 2 aromatic rings. The fourth-order valence-electron chi connectivity index (χ4n) is 3.61. The molecule has 2 heterocycles. The number of likely N-dealkylation sites (tertiary alicyclic amines) is 1. The number of thiocarbonyl (C=S) groups is 1. The van der Waals surface area contributed by atoms with Gasteiger partial charge in [0.2, 0.25) is 0 Å². The topological polar surface area (TPSA) is 41.6 Å². The molecule has 0 unspecified atom stereocenters. The van der Waals surface area contributed by atoms with Crippen molar-refractivity contribution < 1.29 is 9.32 Å². The molecule has 1 aromatic carbocycles. The molecule has 1 fully saturated rings. The van der Waals surface area contributed by atoms with Gasteiger partial charge in [-0.1, -0.05) is 17.7 Å². The molecule has 0 aliphatic carbocycles. The summed E-state index contributed by atoms with van der Waals surface area (Å²) in [5.41, 5.74) is 3.52. The standard InChI is InChI=1S/C20H27N3OS/c1-15-8-9-17(16(2)13-15)22-20(25)21-14-18(19-7-6-12-24-19)23-10-4-3-5-11-23/h6-9,12-13,18H,3-5,10-11,14H2,1-2H3,(H2,21,22,25)/p+1/t18-/m1/s1. The summed E-state index contributed by atoms with van der Waals surface area (Å²) in [7, 11) is 0. The number of benzene rings is 1. The Balaban J connectivity index is 1.61. The van der Waals surface area contributed by atoms with Crippen molar-refractivity contribution >= 4 is 23.0 Å². The number of furan rings is 1. The number of quaternary nitrogens is 1. The van der Waals surface area contributed by atoms with Crippen LogP contribution in [0.4, 0.5) is 5.69 Å². The van der Waals surface area contributed by atoms with Crippen LogP contribution in [-0.4, -0.2) is 24.7 Å². The summed E-state index contributed by atoms with van der Waals surface area (Å²) in [5, 5.41) is 7.39. The highest BCUT2D eigenvalue weighted by Crippen LogP contribution is 2.16. The van der Waals surface area contributed by atoms with Crippen LogP contribution < -0.4 is 15.5 Å². The average Bonchev–Trinajstić information content (AvgIpc) is 3.13. The number of rotatable bonds is 5. The molecule has 0 bridgehead atoms. The third-order valence-electron chi connectivity index (χ3n) is 4.97. The van der Waals surface area contributed by atoms with Gasteiger partial charge in [-0.3, -0.25) is 0 Å². The number of anilines is 1. The average molecular weight is 359 g/mol. The zero-order chi connectivity index (χ0) is 17.6. The maximum atomic E-state index is 5.71. The lowest BCUT2D eigenvalue weighted by Crippen LogP contribution is -3.13. The molecule has 1 aliphatic heterocycles. The summed E-state index contributed by atoms with van der Waals surface area (Å²) in [4.78, 5) is 1.59. The van der Waals surface area contributed by atoms with Crippen molar-refractivity contribution in [1.29, 1.82) is 0 Å². The summed E-state index contributed by atoms with van der Waals surface area (Å²) in [6.07, 6.45) is 5.68. The van der Waals surface area contributed by atoms with Crippen LogP contribution in [0.15, 0.2) is 41.0 Å². The molecule has 25 heavy (non-hydrogen) atoms. The van der Waals surface area contributed by atoms with Crippen LogP contribution in [-0.2, 0) is 0 Å². The molecule has 3 rings (SSSR count). The van der Waals surface area contributed by atoms with Crippen LogP contribution in [0.1, 0.15) is 42.2 Å². The summed E-state index contributed by atoms with van der Waals surface area (Å²) in [5.74, 6) is 1.04. The fraction of sp³-hybridized carbons (Fsp3) is 0.450. The lowest BCUT2D eigenvalue weighted by molar-refractivity contribution is -0.936. The van der Waals surface area contributed by atoms with Crippen LogP contribution in [0.25, 0.3) is 0 Å². The first-order chi connectivity index (χ1) is 12.1. The lowest BCUT2D eigenvalue weighted by Gasteiger charge is -2.30. The van der Waals surface area contributed by atoms with Gasteiger partial charge in [-0.2, -0.15) is 0 Å². The van der Waals surface area contributed by atoms with E-state index in [1.54, 1.807) is 11.2 Å². The number of nitrogens with one attached hydrogen (secondary N) is 3. The van der Waals surface area contributed by atoms with E-state index in [4.69, 9.17) is 16.6 Å². The quantitative estimate of drug-likeness (QED) is 0.719. The normalized spacial score (nSPS) is 16.4. The molecule has 0 spiro atoms. The summed E-state index contributed by atoms with van der Waals surface area (Å²) < 4.78 is 5.71. The fourth-order valence-corrected chi connectivity index (χ4v) is 3.80. The molecule has 1 saturated heterocycles. The first-order valence-corrected chi connectivity index (χ1v) is 9.54. The van der Waals surface area contributed by atoms with Gasteiger partial charge in [0.05, 0.1) is 25.9 Å². The van der Waals surface area contributed by atoms with Gasteiger partial charge in [0.25, 0.3) is 0 Å². The van der Waals surface area contributed by atoms with Crippen molar-refractivity contribution in [2.75, 3.05) is 25.0 Å². The van der Waals surface area contributed by atoms with Gasteiger partial charge in [0, 0.05) is 5.69 Å². The zero-order valence-electron chi connectivity index (χ0n) is 15.1. The Morgan fingerprint density at radius 1 is 1.20 bits per heavy atom. The predicted molar refractivity (Wildman–Crippen MR) is 106 cm³/mol. The molecule has 0 amide bonds. The monoisotopic (exact) mass is 358 g/mol. The van der Waals surface area contributed by atoms with Crippen molar-refractivity contribution in [3.8, 4) is 0 Å². The third-order valence-corrected chi connectivity index (χ3v) is 5.22. The van der Waals surface area contributed by atoms with E-state index in [2.05, 4.69) is 48.7 Å². The van der Waals surface area contributed by atoms with Crippen LogP contribution in [0, 0.1) is 13.8 Å². The van der Waals surface area contributed by atoms with Crippen LogP contribution >= 0.6 is 12.2 Å². The molecule has 5 heteroatoms. The van der Waals surface area contributed by atoms with Crippen molar-refractivity contribution in [1.82, 2.24) is 5.32 Å². The third kappa shape index (κ3) is 4.83. The number of piperidine rings is 1.